The first kappa shape index (κ1) is 12.5. The number of nitrogens with zero attached hydrogens (tertiary/aromatic N) is 1. The van der Waals surface area contributed by atoms with Gasteiger partial charge in [0.25, 0.3) is 11.6 Å². The van der Waals surface area contributed by atoms with E-state index in [4.69, 9.17) is 11.6 Å². The van der Waals surface area contributed by atoms with Gasteiger partial charge in [-0.1, -0.05) is 11.6 Å². The summed E-state index contributed by atoms with van der Waals surface area (Å²) >= 11 is 7.19. The zero-order chi connectivity index (χ0) is 13.1. The average molecular weight is 283 g/mol. The Hall–Kier alpha value is -1.92. The first-order chi connectivity index (χ1) is 8.58. The number of carbonyl (C=O) groups is 1. The molecule has 0 unspecified atom stereocenters. The highest BCUT2D eigenvalue weighted by Crippen LogP contribution is 2.25. The van der Waals surface area contributed by atoms with Crippen molar-refractivity contribution in [3.05, 3.63) is 55.7 Å². The van der Waals surface area contributed by atoms with Gasteiger partial charge in [0.05, 0.1) is 10.6 Å². The number of amides is 1. The molecule has 0 saturated heterocycles. The van der Waals surface area contributed by atoms with Crippen LogP contribution in [0, 0.1) is 10.1 Å². The Morgan fingerprint density at radius 3 is 2.72 bits per heavy atom. The molecule has 7 heteroatoms. The quantitative estimate of drug-likeness (QED) is 0.691. The highest BCUT2D eigenvalue weighted by Gasteiger charge is 2.15. The lowest BCUT2D eigenvalue weighted by Gasteiger charge is -2.03. The van der Waals surface area contributed by atoms with Crippen molar-refractivity contribution in [1.29, 1.82) is 0 Å². The molecule has 2 rings (SSSR count). The molecule has 0 spiro atoms. The Morgan fingerprint density at radius 2 is 2.17 bits per heavy atom. The maximum absolute atomic E-state index is 11.8. The second-order valence-corrected chi connectivity index (χ2v) is 4.58. The first-order valence-corrected chi connectivity index (χ1v) is 6.17. The van der Waals surface area contributed by atoms with Crippen LogP contribution in [0.25, 0.3) is 0 Å². The zero-order valence-electron chi connectivity index (χ0n) is 8.92. The van der Waals surface area contributed by atoms with E-state index >= 15 is 0 Å². The summed E-state index contributed by atoms with van der Waals surface area (Å²) in [5.74, 6) is -0.356. The predicted octanol–water partition coefficient (Wildman–Crippen LogP) is 3.56. The molecule has 1 N–H and O–H groups in total. The minimum atomic E-state index is -0.594. The second-order valence-electron chi connectivity index (χ2n) is 3.39. The number of nitro benzene ring substituents is 1. The van der Waals surface area contributed by atoms with Gasteiger partial charge in [0, 0.05) is 17.0 Å². The van der Waals surface area contributed by atoms with E-state index in [1.807, 2.05) is 5.38 Å². The van der Waals surface area contributed by atoms with Crippen LogP contribution < -0.4 is 5.32 Å². The molecule has 1 aromatic carbocycles. The molecule has 1 heterocycles. The minimum Gasteiger partial charge on any atom is -0.321 e. The van der Waals surface area contributed by atoms with Gasteiger partial charge in [0.15, 0.2) is 0 Å². The molecule has 0 saturated carbocycles. The Morgan fingerprint density at radius 1 is 1.39 bits per heavy atom. The van der Waals surface area contributed by atoms with Crippen molar-refractivity contribution in [2.75, 3.05) is 5.32 Å². The summed E-state index contributed by atoms with van der Waals surface area (Å²) in [7, 11) is 0. The lowest BCUT2D eigenvalue weighted by Crippen LogP contribution is -2.11. The molecule has 0 bridgehead atoms. The van der Waals surface area contributed by atoms with Crippen LogP contribution in [0.2, 0.25) is 5.02 Å². The Balaban J connectivity index is 2.21. The fourth-order valence-electron chi connectivity index (χ4n) is 1.34. The Bertz CT molecular complexity index is 598. The fraction of sp³-hybridized carbons (Fsp3) is 0. The minimum absolute atomic E-state index is 0.0574. The number of nitrogens with one attached hydrogen (secondary N) is 1. The zero-order valence-corrected chi connectivity index (χ0v) is 10.5. The van der Waals surface area contributed by atoms with Crippen molar-refractivity contribution in [2.45, 2.75) is 0 Å². The number of rotatable bonds is 3. The SMILES string of the molecule is O=C(Nc1ccsc1)c1ccc([N+](=O)[O-])c(Cl)c1. The summed E-state index contributed by atoms with van der Waals surface area (Å²) < 4.78 is 0. The highest BCUT2D eigenvalue weighted by molar-refractivity contribution is 7.08. The van der Waals surface area contributed by atoms with Gasteiger partial charge in [-0.25, -0.2) is 0 Å². The molecule has 0 fully saturated rings. The molecule has 0 radical (unpaired) electrons. The average Bonchev–Trinajstić information content (AvgIpc) is 2.81. The van der Waals surface area contributed by atoms with Gasteiger partial charge < -0.3 is 5.32 Å². The van der Waals surface area contributed by atoms with E-state index in [1.54, 1.807) is 11.4 Å². The molecule has 0 atom stereocenters. The normalized spacial score (nSPS) is 10.1. The number of benzene rings is 1. The molecular weight excluding hydrogens is 276 g/mol. The molecule has 18 heavy (non-hydrogen) atoms. The molecule has 0 aliphatic rings. The van der Waals surface area contributed by atoms with Crippen LogP contribution in [-0.2, 0) is 0 Å². The van der Waals surface area contributed by atoms with E-state index in [9.17, 15) is 14.9 Å². The van der Waals surface area contributed by atoms with Crippen molar-refractivity contribution in [1.82, 2.24) is 0 Å². The van der Waals surface area contributed by atoms with Crippen LogP contribution in [0.5, 0.6) is 0 Å². The predicted molar refractivity (Wildman–Crippen MR) is 70.4 cm³/mol. The maximum atomic E-state index is 11.8. The summed E-state index contributed by atoms with van der Waals surface area (Å²) in [6, 6.07) is 5.62. The first-order valence-electron chi connectivity index (χ1n) is 4.85. The van der Waals surface area contributed by atoms with Crippen LogP contribution in [0.4, 0.5) is 11.4 Å². The molecule has 2 aromatic rings. The summed E-state index contributed by atoms with van der Waals surface area (Å²) in [5.41, 5.74) is 0.736. The summed E-state index contributed by atoms with van der Waals surface area (Å²) in [4.78, 5) is 21.8. The molecule has 1 aromatic heterocycles. The molecule has 92 valence electrons. The smallest absolute Gasteiger partial charge is 0.287 e. The number of nitro groups is 1. The largest absolute Gasteiger partial charge is 0.321 e. The number of hydrogen-bond donors (Lipinski definition) is 1. The lowest BCUT2D eigenvalue weighted by atomic mass is 10.2. The van der Waals surface area contributed by atoms with Crippen LogP contribution in [0.3, 0.4) is 0 Å². The van der Waals surface area contributed by atoms with E-state index in [0.717, 1.165) is 0 Å². The third kappa shape index (κ3) is 2.66. The number of anilines is 1. The number of thiophene rings is 1. The van der Waals surface area contributed by atoms with Crippen LogP contribution >= 0.6 is 22.9 Å². The summed E-state index contributed by atoms with van der Waals surface area (Å²) in [6.07, 6.45) is 0. The standard InChI is InChI=1S/C11H7ClN2O3S/c12-9-5-7(1-2-10(9)14(16)17)11(15)13-8-3-4-18-6-8/h1-6H,(H,13,15). The second kappa shape index (κ2) is 5.16. The van der Waals surface area contributed by atoms with Crippen molar-refractivity contribution >= 4 is 40.2 Å². The lowest BCUT2D eigenvalue weighted by molar-refractivity contribution is -0.384. The molecule has 0 aliphatic heterocycles. The van der Waals surface area contributed by atoms with Crippen molar-refractivity contribution in [2.24, 2.45) is 0 Å². The van der Waals surface area contributed by atoms with E-state index in [-0.39, 0.29) is 22.2 Å². The Labute approximate surface area is 111 Å². The third-order valence-corrected chi connectivity index (χ3v) is 3.17. The molecular formula is C11H7ClN2O3S. The van der Waals surface area contributed by atoms with Gasteiger partial charge in [-0.2, -0.15) is 11.3 Å². The van der Waals surface area contributed by atoms with E-state index in [0.29, 0.717) is 5.69 Å². The van der Waals surface area contributed by atoms with Crippen molar-refractivity contribution in [3.63, 3.8) is 0 Å². The van der Waals surface area contributed by atoms with Crippen molar-refractivity contribution in [3.8, 4) is 0 Å². The van der Waals surface area contributed by atoms with Crippen LogP contribution in [-0.4, -0.2) is 10.8 Å². The van der Waals surface area contributed by atoms with E-state index < -0.39 is 4.92 Å². The number of hydrogen-bond acceptors (Lipinski definition) is 4. The van der Waals surface area contributed by atoms with Crippen molar-refractivity contribution < 1.29 is 9.72 Å². The third-order valence-electron chi connectivity index (χ3n) is 2.19. The molecule has 0 aliphatic carbocycles. The maximum Gasteiger partial charge on any atom is 0.287 e. The highest BCUT2D eigenvalue weighted by atomic mass is 35.5. The summed E-state index contributed by atoms with van der Waals surface area (Å²) in [6.45, 7) is 0. The van der Waals surface area contributed by atoms with Crippen LogP contribution in [0.1, 0.15) is 10.4 Å². The monoisotopic (exact) mass is 282 g/mol. The van der Waals surface area contributed by atoms with Gasteiger partial charge in [-0.15, -0.1) is 0 Å². The van der Waals surface area contributed by atoms with Gasteiger partial charge >= 0.3 is 0 Å². The number of halogens is 1. The van der Waals surface area contributed by atoms with Gasteiger partial charge in [0.2, 0.25) is 0 Å². The van der Waals surface area contributed by atoms with Crippen LogP contribution in [0.15, 0.2) is 35.0 Å². The molecule has 1 amide bonds. The molecule has 5 nitrogen and oxygen atoms in total. The van der Waals surface area contributed by atoms with E-state index in [1.165, 1.54) is 29.5 Å². The van der Waals surface area contributed by atoms with Gasteiger partial charge in [-0.05, 0) is 23.6 Å². The topological polar surface area (TPSA) is 72.2 Å². The number of carbonyl (C=O) groups excluding carboxylic acids is 1. The van der Waals surface area contributed by atoms with E-state index in [2.05, 4.69) is 5.32 Å². The fourth-order valence-corrected chi connectivity index (χ4v) is 2.17. The Kier molecular flexibility index (Phi) is 3.59. The van der Waals surface area contributed by atoms with Gasteiger partial charge in [-0.3, -0.25) is 14.9 Å². The summed E-state index contributed by atoms with van der Waals surface area (Å²) in [5, 5.41) is 16.8. The van der Waals surface area contributed by atoms with Gasteiger partial charge in [0.1, 0.15) is 5.02 Å².